The first-order chi connectivity index (χ1) is 8.44. The van der Waals surface area contributed by atoms with Gasteiger partial charge in [-0.1, -0.05) is 18.2 Å². The van der Waals surface area contributed by atoms with E-state index in [9.17, 15) is 9.59 Å². The van der Waals surface area contributed by atoms with Crippen LogP contribution in [0.25, 0.3) is 0 Å². The summed E-state index contributed by atoms with van der Waals surface area (Å²) in [5.41, 5.74) is -0.180. The van der Waals surface area contributed by atoms with Crippen LogP contribution in [0.15, 0.2) is 30.3 Å². The predicted molar refractivity (Wildman–Crippen MR) is 68.1 cm³/mol. The normalized spacial score (nSPS) is 10.8. The van der Waals surface area contributed by atoms with Gasteiger partial charge in [0.15, 0.2) is 0 Å². The highest BCUT2D eigenvalue weighted by molar-refractivity contribution is 5.96. The van der Waals surface area contributed by atoms with Gasteiger partial charge in [0.25, 0.3) is 5.91 Å². The number of hydrogen-bond acceptors (Lipinski definition) is 3. The molecule has 3 N–H and O–H groups in total. The summed E-state index contributed by atoms with van der Waals surface area (Å²) in [5, 5.41) is 14.1. The lowest BCUT2D eigenvalue weighted by molar-refractivity contribution is -0.122. The zero-order valence-electron chi connectivity index (χ0n) is 10.6. The molecule has 5 heteroatoms. The third-order valence-electron chi connectivity index (χ3n) is 2.32. The fraction of sp³-hybridized carbons (Fsp3) is 0.385. The highest BCUT2D eigenvalue weighted by Crippen LogP contribution is 1.99. The van der Waals surface area contributed by atoms with Crippen LogP contribution in [0.2, 0.25) is 0 Å². The molecule has 98 valence electrons. The molecule has 0 aliphatic rings. The third kappa shape index (κ3) is 4.55. The van der Waals surface area contributed by atoms with Crippen molar-refractivity contribution in [3.05, 3.63) is 35.9 Å². The van der Waals surface area contributed by atoms with Crippen molar-refractivity contribution >= 4 is 11.8 Å². The van der Waals surface area contributed by atoms with Crippen LogP contribution in [0, 0.1) is 0 Å². The van der Waals surface area contributed by atoms with Crippen molar-refractivity contribution in [2.75, 3.05) is 13.2 Å². The molecule has 0 heterocycles. The van der Waals surface area contributed by atoms with E-state index in [0.717, 1.165) is 0 Å². The van der Waals surface area contributed by atoms with Gasteiger partial charge < -0.3 is 15.7 Å². The van der Waals surface area contributed by atoms with E-state index in [4.69, 9.17) is 5.11 Å². The second kappa shape index (κ2) is 6.16. The minimum Gasteiger partial charge on any atom is -0.394 e. The standard InChI is InChI=1S/C13H18N2O3/c1-13(2,9-16)15-11(17)8-14-12(18)10-6-4-3-5-7-10/h3-7,16H,8-9H2,1-2H3,(H,14,18)(H,15,17). The maximum atomic E-state index is 11.6. The Morgan fingerprint density at radius 1 is 1.22 bits per heavy atom. The first kappa shape index (κ1) is 14.2. The molecule has 2 amide bonds. The highest BCUT2D eigenvalue weighted by atomic mass is 16.3. The van der Waals surface area contributed by atoms with Gasteiger partial charge in [-0.2, -0.15) is 0 Å². The zero-order chi connectivity index (χ0) is 13.6. The summed E-state index contributed by atoms with van der Waals surface area (Å²) in [7, 11) is 0. The zero-order valence-corrected chi connectivity index (χ0v) is 10.6. The Bertz CT molecular complexity index is 416. The van der Waals surface area contributed by atoms with E-state index in [-0.39, 0.29) is 25.0 Å². The molecule has 0 atom stereocenters. The summed E-state index contributed by atoms with van der Waals surface area (Å²) in [4.78, 5) is 23.2. The van der Waals surface area contributed by atoms with Crippen LogP contribution >= 0.6 is 0 Å². The molecule has 5 nitrogen and oxygen atoms in total. The largest absolute Gasteiger partial charge is 0.394 e. The summed E-state index contributed by atoms with van der Waals surface area (Å²) in [6, 6.07) is 8.66. The Hall–Kier alpha value is -1.88. The number of aliphatic hydroxyl groups excluding tert-OH is 1. The molecule has 0 aliphatic heterocycles. The van der Waals surface area contributed by atoms with Crippen LogP contribution in [0.3, 0.4) is 0 Å². The van der Waals surface area contributed by atoms with E-state index in [1.807, 2.05) is 6.07 Å². The number of aliphatic hydroxyl groups is 1. The molecule has 18 heavy (non-hydrogen) atoms. The number of benzene rings is 1. The average Bonchev–Trinajstić information content (AvgIpc) is 2.36. The van der Waals surface area contributed by atoms with E-state index in [1.54, 1.807) is 38.1 Å². The maximum Gasteiger partial charge on any atom is 0.251 e. The molecule has 0 radical (unpaired) electrons. The van der Waals surface area contributed by atoms with Crippen LogP contribution in [0.5, 0.6) is 0 Å². The number of carbonyl (C=O) groups excluding carboxylic acids is 2. The van der Waals surface area contributed by atoms with Crippen LogP contribution in [-0.2, 0) is 4.79 Å². The Labute approximate surface area is 106 Å². The van der Waals surface area contributed by atoms with Gasteiger partial charge in [-0.3, -0.25) is 9.59 Å². The Kier molecular flexibility index (Phi) is 4.85. The summed E-state index contributed by atoms with van der Waals surface area (Å²) in [6.07, 6.45) is 0. The Morgan fingerprint density at radius 2 is 1.83 bits per heavy atom. The van der Waals surface area contributed by atoms with E-state index in [0.29, 0.717) is 5.56 Å². The van der Waals surface area contributed by atoms with Gasteiger partial charge in [0, 0.05) is 5.56 Å². The predicted octanol–water partition coefficient (Wildman–Crippen LogP) is 0.303. The summed E-state index contributed by atoms with van der Waals surface area (Å²) in [6.45, 7) is 3.12. The van der Waals surface area contributed by atoms with E-state index >= 15 is 0 Å². The van der Waals surface area contributed by atoms with Crippen LogP contribution in [-0.4, -0.2) is 35.6 Å². The minimum atomic E-state index is -0.686. The van der Waals surface area contributed by atoms with Crippen LogP contribution in [0.1, 0.15) is 24.2 Å². The molecular formula is C13H18N2O3. The molecule has 1 rings (SSSR count). The quantitative estimate of drug-likeness (QED) is 0.703. The van der Waals surface area contributed by atoms with Crippen molar-refractivity contribution < 1.29 is 14.7 Å². The number of rotatable bonds is 5. The van der Waals surface area contributed by atoms with Crippen molar-refractivity contribution in [3.63, 3.8) is 0 Å². The van der Waals surface area contributed by atoms with Gasteiger partial charge in [0.2, 0.25) is 5.91 Å². The number of carbonyl (C=O) groups is 2. The molecular weight excluding hydrogens is 232 g/mol. The van der Waals surface area contributed by atoms with Gasteiger partial charge in [-0.15, -0.1) is 0 Å². The summed E-state index contributed by atoms with van der Waals surface area (Å²) >= 11 is 0. The van der Waals surface area contributed by atoms with E-state index < -0.39 is 5.54 Å². The maximum absolute atomic E-state index is 11.6. The van der Waals surface area contributed by atoms with Gasteiger partial charge in [-0.25, -0.2) is 0 Å². The van der Waals surface area contributed by atoms with E-state index in [1.165, 1.54) is 0 Å². The smallest absolute Gasteiger partial charge is 0.251 e. The van der Waals surface area contributed by atoms with Gasteiger partial charge in [-0.05, 0) is 26.0 Å². The fourth-order valence-corrected chi connectivity index (χ4v) is 1.31. The topological polar surface area (TPSA) is 78.4 Å². The second-order valence-corrected chi connectivity index (χ2v) is 4.64. The van der Waals surface area contributed by atoms with Gasteiger partial charge in [0.1, 0.15) is 0 Å². The molecule has 0 unspecified atom stereocenters. The molecule has 0 spiro atoms. The summed E-state index contributed by atoms with van der Waals surface area (Å²) in [5.74, 6) is -0.633. The first-order valence-corrected chi connectivity index (χ1v) is 5.70. The highest BCUT2D eigenvalue weighted by Gasteiger charge is 2.19. The number of hydrogen-bond donors (Lipinski definition) is 3. The number of nitrogens with one attached hydrogen (secondary N) is 2. The lowest BCUT2D eigenvalue weighted by Gasteiger charge is -2.23. The second-order valence-electron chi connectivity index (χ2n) is 4.64. The number of amides is 2. The molecule has 0 fully saturated rings. The first-order valence-electron chi connectivity index (χ1n) is 5.70. The average molecular weight is 250 g/mol. The van der Waals surface area contributed by atoms with E-state index in [2.05, 4.69) is 10.6 Å². The molecule has 0 aromatic heterocycles. The Morgan fingerprint density at radius 3 is 2.39 bits per heavy atom. The monoisotopic (exact) mass is 250 g/mol. The Balaban J connectivity index is 2.42. The minimum absolute atomic E-state index is 0.114. The third-order valence-corrected chi connectivity index (χ3v) is 2.32. The van der Waals surface area contributed by atoms with Crippen LogP contribution in [0.4, 0.5) is 0 Å². The van der Waals surface area contributed by atoms with Crippen molar-refractivity contribution in [1.82, 2.24) is 10.6 Å². The molecule has 1 aromatic carbocycles. The SMILES string of the molecule is CC(C)(CO)NC(=O)CNC(=O)c1ccccc1. The fourth-order valence-electron chi connectivity index (χ4n) is 1.31. The van der Waals surface area contributed by atoms with Crippen molar-refractivity contribution in [3.8, 4) is 0 Å². The van der Waals surface area contributed by atoms with Gasteiger partial charge >= 0.3 is 0 Å². The van der Waals surface area contributed by atoms with Crippen molar-refractivity contribution in [2.24, 2.45) is 0 Å². The molecule has 0 aliphatic carbocycles. The molecule has 0 saturated heterocycles. The van der Waals surface area contributed by atoms with Crippen molar-refractivity contribution in [2.45, 2.75) is 19.4 Å². The summed E-state index contributed by atoms with van der Waals surface area (Å²) < 4.78 is 0. The van der Waals surface area contributed by atoms with Crippen molar-refractivity contribution in [1.29, 1.82) is 0 Å². The lowest BCUT2D eigenvalue weighted by atomic mass is 10.1. The van der Waals surface area contributed by atoms with Crippen LogP contribution < -0.4 is 10.6 Å². The molecule has 0 saturated carbocycles. The lowest BCUT2D eigenvalue weighted by Crippen LogP contribution is -2.49. The molecule has 1 aromatic rings. The van der Waals surface area contributed by atoms with Gasteiger partial charge in [0.05, 0.1) is 18.7 Å². The molecule has 0 bridgehead atoms.